The van der Waals surface area contributed by atoms with Gasteiger partial charge in [-0.3, -0.25) is 4.79 Å². The van der Waals surface area contributed by atoms with E-state index in [-0.39, 0.29) is 35.1 Å². The summed E-state index contributed by atoms with van der Waals surface area (Å²) in [5, 5.41) is 17.7. The predicted molar refractivity (Wildman–Crippen MR) is 124 cm³/mol. The molecule has 2 bridgehead atoms. The molecule has 36 heavy (non-hydrogen) atoms. The van der Waals surface area contributed by atoms with Gasteiger partial charge >= 0.3 is 12.5 Å². The third-order valence-corrected chi connectivity index (χ3v) is 7.35. The Balaban J connectivity index is 1.45. The summed E-state index contributed by atoms with van der Waals surface area (Å²) in [4.78, 5) is 28.3. The van der Waals surface area contributed by atoms with Gasteiger partial charge in [0.1, 0.15) is 23.0 Å². The average Bonchev–Trinajstić information content (AvgIpc) is 3.52. The third-order valence-electron chi connectivity index (χ3n) is 7.35. The monoisotopic (exact) mass is 497 g/mol. The Hall–Kier alpha value is -3.96. The number of nitrogens with zero attached hydrogens (tertiary/aromatic N) is 5. The molecule has 186 valence electrons. The Morgan fingerprint density at radius 2 is 1.92 bits per heavy atom. The SMILES string of the molecule is O=C(O)C1C2CCC(CC2)C1Nc1cc(-c2ccn(C(F)F)n2)nc(-c2c[nH]c3ncc(F)cc23)n1. The molecule has 7 rings (SSSR count). The van der Waals surface area contributed by atoms with Crippen molar-refractivity contribution in [3.63, 3.8) is 0 Å². The number of hydrogen-bond acceptors (Lipinski definition) is 6. The van der Waals surface area contributed by atoms with Gasteiger partial charge in [-0.25, -0.2) is 24.0 Å². The van der Waals surface area contributed by atoms with E-state index in [4.69, 9.17) is 0 Å². The highest BCUT2D eigenvalue weighted by atomic mass is 19.3. The molecule has 3 fully saturated rings. The van der Waals surface area contributed by atoms with E-state index in [2.05, 4.69) is 30.4 Å². The van der Waals surface area contributed by atoms with Gasteiger partial charge in [-0.05, 0) is 49.7 Å². The van der Waals surface area contributed by atoms with Crippen molar-refractivity contribution >= 4 is 22.8 Å². The first-order valence-electron chi connectivity index (χ1n) is 11.7. The van der Waals surface area contributed by atoms with Gasteiger partial charge in [0, 0.05) is 35.5 Å². The number of H-pyrrole nitrogens is 1. The molecule has 0 radical (unpaired) electrons. The maximum atomic E-state index is 14.0. The van der Waals surface area contributed by atoms with Crippen LogP contribution in [0.4, 0.5) is 19.0 Å². The van der Waals surface area contributed by atoms with E-state index in [9.17, 15) is 23.1 Å². The Morgan fingerprint density at radius 3 is 2.64 bits per heavy atom. The van der Waals surface area contributed by atoms with Crippen molar-refractivity contribution in [3.8, 4) is 22.8 Å². The van der Waals surface area contributed by atoms with Crippen LogP contribution < -0.4 is 5.32 Å². The fourth-order valence-corrected chi connectivity index (χ4v) is 5.70. The number of aliphatic carboxylic acids is 1. The average molecular weight is 497 g/mol. The first-order chi connectivity index (χ1) is 17.4. The molecule has 3 saturated carbocycles. The van der Waals surface area contributed by atoms with Crippen molar-refractivity contribution in [2.24, 2.45) is 17.8 Å². The Kier molecular flexibility index (Phi) is 5.38. The van der Waals surface area contributed by atoms with Gasteiger partial charge in [-0.1, -0.05) is 0 Å². The van der Waals surface area contributed by atoms with Crippen LogP contribution in [0, 0.1) is 23.6 Å². The van der Waals surface area contributed by atoms with Gasteiger partial charge < -0.3 is 15.4 Å². The number of carbonyl (C=O) groups is 1. The molecular formula is C24H22F3N7O2. The number of halogens is 3. The topological polar surface area (TPSA) is 122 Å². The molecule has 0 amide bonds. The number of carboxylic acid groups (broad SMARTS) is 1. The molecule has 3 aliphatic rings. The van der Waals surface area contributed by atoms with Crippen molar-refractivity contribution in [1.82, 2.24) is 29.7 Å². The van der Waals surface area contributed by atoms with Gasteiger partial charge in [0.15, 0.2) is 5.82 Å². The second-order valence-electron chi connectivity index (χ2n) is 9.38. The van der Waals surface area contributed by atoms with Gasteiger partial charge in [-0.2, -0.15) is 13.9 Å². The molecule has 2 unspecified atom stereocenters. The molecule has 4 heterocycles. The first-order valence-corrected chi connectivity index (χ1v) is 11.7. The molecule has 0 aromatic carbocycles. The van der Waals surface area contributed by atoms with Crippen LogP contribution in [-0.4, -0.2) is 46.8 Å². The zero-order chi connectivity index (χ0) is 25.0. The number of rotatable bonds is 6. The smallest absolute Gasteiger partial charge is 0.333 e. The number of carboxylic acids is 1. The van der Waals surface area contributed by atoms with Crippen molar-refractivity contribution < 1.29 is 23.1 Å². The third kappa shape index (κ3) is 3.86. The number of alkyl halides is 2. The Bertz CT molecular complexity index is 1440. The Morgan fingerprint density at radius 1 is 1.14 bits per heavy atom. The van der Waals surface area contributed by atoms with Crippen LogP contribution in [0.15, 0.2) is 36.8 Å². The summed E-state index contributed by atoms with van der Waals surface area (Å²) in [6, 6.07) is 3.98. The molecule has 4 aromatic rings. The van der Waals surface area contributed by atoms with Crippen LogP contribution in [0.1, 0.15) is 32.2 Å². The standard InChI is InChI=1S/C24H22F3N7O2/c25-13-7-14-15(10-29-21(14)28-9-13)22-30-17(16-5-6-34(33-16)24(26)27)8-18(32-22)31-20-12-3-1-11(2-4-12)19(20)23(35)36/h5-12,19-20,24H,1-4H2,(H,28,29)(H,35,36)(H,30,31,32). The van der Waals surface area contributed by atoms with Gasteiger partial charge in [-0.15, -0.1) is 0 Å². The van der Waals surface area contributed by atoms with E-state index in [1.54, 1.807) is 12.3 Å². The highest BCUT2D eigenvalue weighted by Gasteiger charge is 2.47. The molecule has 0 spiro atoms. The molecule has 4 aromatic heterocycles. The highest BCUT2D eigenvalue weighted by molar-refractivity contribution is 5.92. The van der Waals surface area contributed by atoms with E-state index in [1.165, 1.54) is 12.1 Å². The normalized spacial score (nSPS) is 23.4. The molecule has 3 aliphatic carbocycles. The van der Waals surface area contributed by atoms with E-state index in [0.29, 0.717) is 27.1 Å². The van der Waals surface area contributed by atoms with E-state index < -0.39 is 24.3 Å². The second kappa shape index (κ2) is 8.61. The molecule has 2 atom stereocenters. The zero-order valence-corrected chi connectivity index (χ0v) is 18.9. The Labute approximate surface area is 202 Å². The van der Waals surface area contributed by atoms with Crippen LogP contribution in [0.3, 0.4) is 0 Å². The molecule has 3 N–H and O–H groups in total. The number of anilines is 1. The molecule has 12 heteroatoms. The van der Waals surface area contributed by atoms with Crippen molar-refractivity contribution in [2.75, 3.05) is 5.32 Å². The minimum absolute atomic E-state index is 0.0928. The molecule has 9 nitrogen and oxygen atoms in total. The van der Waals surface area contributed by atoms with Crippen molar-refractivity contribution in [3.05, 3.63) is 42.6 Å². The summed E-state index contributed by atoms with van der Waals surface area (Å²) in [5.41, 5.74) is 1.38. The summed E-state index contributed by atoms with van der Waals surface area (Å²) in [6.45, 7) is -2.81. The lowest BCUT2D eigenvalue weighted by molar-refractivity contribution is -0.148. The quantitative estimate of drug-likeness (QED) is 0.352. The van der Waals surface area contributed by atoms with E-state index in [0.717, 1.165) is 38.1 Å². The van der Waals surface area contributed by atoms with Crippen LogP contribution in [0.25, 0.3) is 33.8 Å². The molecule has 0 saturated heterocycles. The van der Waals surface area contributed by atoms with E-state index in [1.807, 2.05) is 0 Å². The van der Waals surface area contributed by atoms with Crippen LogP contribution >= 0.6 is 0 Å². The van der Waals surface area contributed by atoms with Gasteiger partial charge in [0.05, 0.1) is 17.8 Å². The number of hydrogen-bond donors (Lipinski definition) is 3. The minimum Gasteiger partial charge on any atom is -0.481 e. The van der Waals surface area contributed by atoms with Crippen LogP contribution in [0.5, 0.6) is 0 Å². The van der Waals surface area contributed by atoms with Crippen LogP contribution in [-0.2, 0) is 4.79 Å². The fraction of sp³-hybridized carbons (Fsp3) is 0.375. The lowest BCUT2D eigenvalue weighted by Gasteiger charge is -2.47. The first kappa shape index (κ1) is 22.5. The predicted octanol–water partition coefficient (Wildman–Crippen LogP) is 4.72. The number of aromatic nitrogens is 6. The zero-order valence-electron chi connectivity index (χ0n) is 18.9. The van der Waals surface area contributed by atoms with Crippen LogP contribution in [0.2, 0.25) is 0 Å². The maximum absolute atomic E-state index is 14.0. The molecular weight excluding hydrogens is 475 g/mol. The minimum atomic E-state index is -2.81. The lowest BCUT2D eigenvalue weighted by atomic mass is 9.61. The second-order valence-corrected chi connectivity index (χ2v) is 9.38. The lowest BCUT2D eigenvalue weighted by Crippen LogP contribution is -2.51. The summed E-state index contributed by atoms with van der Waals surface area (Å²) in [6.07, 6.45) is 7.49. The van der Waals surface area contributed by atoms with Gasteiger partial charge in [0.25, 0.3) is 0 Å². The number of fused-ring (bicyclic) bond motifs is 4. The number of aromatic amines is 1. The van der Waals surface area contributed by atoms with Crippen molar-refractivity contribution in [2.45, 2.75) is 38.3 Å². The summed E-state index contributed by atoms with van der Waals surface area (Å²) < 4.78 is 40.8. The number of pyridine rings is 1. The van der Waals surface area contributed by atoms with Crippen molar-refractivity contribution in [1.29, 1.82) is 0 Å². The molecule has 0 aliphatic heterocycles. The summed E-state index contributed by atoms with van der Waals surface area (Å²) in [5.74, 6) is -1.10. The summed E-state index contributed by atoms with van der Waals surface area (Å²) >= 11 is 0. The van der Waals surface area contributed by atoms with Gasteiger partial charge in [0.2, 0.25) is 0 Å². The number of nitrogens with one attached hydrogen (secondary N) is 2. The largest absolute Gasteiger partial charge is 0.481 e. The maximum Gasteiger partial charge on any atom is 0.333 e. The highest BCUT2D eigenvalue weighted by Crippen LogP contribution is 2.46. The summed E-state index contributed by atoms with van der Waals surface area (Å²) in [7, 11) is 0. The van der Waals surface area contributed by atoms with E-state index >= 15 is 0 Å². The fourth-order valence-electron chi connectivity index (χ4n) is 5.70.